The Hall–Kier alpha value is -7.11. The van der Waals surface area contributed by atoms with E-state index in [-0.39, 0.29) is 0 Å². The van der Waals surface area contributed by atoms with Crippen LogP contribution in [0.1, 0.15) is 0 Å². The number of hydrogen-bond donors (Lipinski definition) is 0. The molecule has 0 amide bonds. The molecule has 0 spiro atoms. The van der Waals surface area contributed by atoms with Gasteiger partial charge in [-0.25, -0.2) is 15.0 Å². The highest BCUT2D eigenvalue weighted by molar-refractivity contribution is 6.18. The predicted octanol–water partition coefficient (Wildman–Crippen LogP) is 11.6. The summed E-state index contributed by atoms with van der Waals surface area (Å²) >= 11 is 0. The van der Waals surface area contributed by atoms with E-state index in [0.717, 1.165) is 55.7 Å². The maximum Gasteiger partial charge on any atom is 0.164 e. The molecule has 0 bridgehead atoms. The molecule has 0 saturated heterocycles. The molecule has 52 heavy (non-hydrogen) atoms. The van der Waals surface area contributed by atoms with Gasteiger partial charge in [-0.3, -0.25) is 0 Å². The van der Waals surface area contributed by atoms with E-state index in [4.69, 9.17) is 15.0 Å². The third-order valence-electron chi connectivity index (χ3n) is 9.78. The van der Waals surface area contributed by atoms with Gasteiger partial charge in [-0.15, -0.1) is 0 Å². The molecule has 10 aromatic rings. The lowest BCUT2D eigenvalue weighted by Gasteiger charge is -2.15. The lowest BCUT2D eigenvalue weighted by atomic mass is 10.0. The zero-order valence-electron chi connectivity index (χ0n) is 28.1. The number of fused-ring (bicyclic) bond motifs is 5. The summed E-state index contributed by atoms with van der Waals surface area (Å²) in [5.74, 6) is 1.89. The summed E-state index contributed by atoms with van der Waals surface area (Å²) < 4.78 is 4.68. The lowest BCUT2D eigenvalue weighted by Crippen LogP contribution is -2.02. The van der Waals surface area contributed by atoms with Crippen molar-refractivity contribution in [2.24, 2.45) is 0 Å². The van der Waals surface area contributed by atoms with E-state index in [9.17, 15) is 0 Å². The fraction of sp³-hybridized carbons (Fsp3) is 0. The van der Waals surface area contributed by atoms with Gasteiger partial charge in [0, 0.05) is 50.4 Å². The smallest absolute Gasteiger partial charge is 0.164 e. The standard InChI is InChI=1S/C47H31N5/c1-5-15-32(16-6-1)35-29-36(47-49-45(33-17-7-2-8-18-33)48-46(50-47)34-19-9-3-10-20-34)31-38(30-35)52-43-24-14-13-23-39(43)40-25-26-42-41(44(40)52)27-28-51(42)37-21-11-4-12-22-37/h1-31H. The van der Waals surface area contributed by atoms with Crippen molar-refractivity contribution < 1.29 is 0 Å². The quantitative estimate of drug-likeness (QED) is 0.178. The Morgan fingerprint density at radius 3 is 1.52 bits per heavy atom. The molecule has 3 heterocycles. The van der Waals surface area contributed by atoms with Crippen molar-refractivity contribution in [3.8, 4) is 56.7 Å². The first-order chi connectivity index (χ1) is 25.8. The summed E-state index contributed by atoms with van der Waals surface area (Å²) in [7, 11) is 0. The molecule has 0 aliphatic heterocycles. The van der Waals surface area contributed by atoms with Gasteiger partial charge in [0.25, 0.3) is 0 Å². The van der Waals surface area contributed by atoms with Crippen molar-refractivity contribution in [2.75, 3.05) is 0 Å². The van der Waals surface area contributed by atoms with E-state index < -0.39 is 0 Å². The summed E-state index contributed by atoms with van der Waals surface area (Å²) in [6, 6.07) is 63.5. The summed E-state index contributed by atoms with van der Waals surface area (Å²) in [5, 5.41) is 3.59. The molecule has 7 aromatic carbocycles. The van der Waals surface area contributed by atoms with Crippen LogP contribution in [0, 0.1) is 0 Å². The molecular formula is C47H31N5. The molecule has 3 aromatic heterocycles. The molecule has 10 rings (SSSR count). The topological polar surface area (TPSA) is 48.5 Å². The van der Waals surface area contributed by atoms with E-state index in [2.05, 4.69) is 137 Å². The van der Waals surface area contributed by atoms with Crippen molar-refractivity contribution in [3.05, 3.63) is 188 Å². The highest BCUT2D eigenvalue weighted by atomic mass is 15.0. The maximum absolute atomic E-state index is 5.13. The Morgan fingerprint density at radius 2 is 0.865 bits per heavy atom. The van der Waals surface area contributed by atoms with Gasteiger partial charge in [-0.1, -0.05) is 133 Å². The van der Waals surface area contributed by atoms with Crippen molar-refractivity contribution >= 4 is 32.7 Å². The van der Waals surface area contributed by atoms with E-state index in [1.54, 1.807) is 0 Å². The minimum atomic E-state index is 0.618. The summed E-state index contributed by atoms with van der Waals surface area (Å²) in [6.07, 6.45) is 2.17. The second-order valence-corrected chi connectivity index (χ2v) is 12.9. The molecule has 0 aliphatic rings. The van der Waals surface area contributed by atoms with Crippen LogP contribution in [0.25, 0.3) is 89.4 Å². The lowest BCUT2D eigenvalue weighted by molar-refractivity contribution is 1.07. The average Bonchev–Trinajstić information content (AvgIpc) is 3.82. The number of rotatable bonds is 6. The summed E-state index contributed by atoms with van der Waals surface area (Å²) in [4.78, 5) is 15.2. The first-order valence-electron chi connectivity index (χ1n) is 17.5. The van der Waals surface area contributed by atoms with Gasteiger partial charge in [0.2, 0.25) is 0 Å². The zero-order chi connectivity index (χ0) is 34.4. The van der Waals surface area contributed by atoms with E-state index in [1.807, 2.05) is 60.7 Å². The Bertz CT molecular complexity index is 2820. The monoisotopic (exact) mass is 665 g/mol. The third kappa shape index (κ3) is 5.07. The third-order valence-corrected chi connectivity index (χ3v) is 9.78. The predicted molar refractivity (Wildman–Crippen MR) is 213 cm³/mol. The molecule has 0 atom stereocenters. The number of nitrogens with zero attached hydrogens (tertiary/aromatic N) is 5. The largest absolute Gasteiger partial charge is 0.316 e. The maximum atomic E-state index is 5.13. The van der Waals surface area contributed by atoms with Crippen molar-refractivity contribution in [2.45, 2.75) is 0 Å². The molecule has 0 fully saturated rings. The fourth-order valence-electron chi connectivity index (χ4n) is 7.36. The van der Waals surface area contributed by atoms with Gasteiger partial charge < -0.3 is 9.13 Å². The van der Waals surface area contributed by atoms with Crippen LogP contribution >= 0.6 is 0 Å². The molecule has 5 heteroatoms. The molecule has 5 nitrogen and oxygen atoms in total. The Labute approximate surface area is 300 Å². The van der Waals surface area contributed by atoms with Crippen LogP contribution < -0.4 is 0 Å². The second kappa shape index (κ2) is 12.3. The average molecular weight is 666 g/mol. The number of benzene rings is 7. The van der Waals surface area contributed by atoms with E-state index in [0.29, 0.717) is 17.5 Å². The first-order valence-corrected chi connectivity index (χ1v) is 17.5. The minimum absolute atomic E-state index is 0.618. The van der Waals surface area contributed by atoms with E-state index in [1.165, 1.54) is 16.2 Å². The summed E-state index contributed by atoms with van der Waals surface area (Å²) in [6.45, 7) is 0. The molecule has 0 radical (unpaired) electrons. The van der Waals surface area contributed by atoms with Crippen LogP contribution in [-0.4, -0.2) is 24.1 Å². The highest BCUT2D eigenvalue weighted by Gasteiger charge is 2.20. The molecular weight excluding hydrogens is 635 g/mol. The van der Waals surface area contributed by atoms with E-state index >= 15 is 0 Å². The van der Waals surface area contributed by atoms with Crippen LogP contribution in [0.5, 0.6) is 0 Å². The van der Waals surface area contributed by atoms with Gasteiger partial charge in [-0.2, -0.15) is 0 Å². The molecule has 0 aliphatic carbocycles. The van der Waals surface area contributed by atoms with Gasteiger partial charge in [0.05, 0.1) is 16.6 Å². The van der Waals surface area contributed by atoms with Crippen LogP contribution in [0.4, 0.5) is 0 Å². The minimum Gasteiger partial charge on any atom is -0.316 e. The fourth-order valence-corrected chi connectivity index (χ4v) is 7.36. The van der Waals surface area contributed by atoms with Gasteiger partial charge in [0.1, 0.15) is 0 Å². The number of hydrogen-bond acceptors (Lipinski definition) is 3. The Kier molecular flexibility index (Phi) is 7.07. The van der Waals surface area contributed by atoms with Crippen molar-refractivity contribution in [3.63, 3.8) is 0 Å². The van der Waals surface area contributed by atoms with Gasteiger partial charge in [0.15, 0.2) is 17.5 Å². The zero-order valence-corrected chi connectivity index (χ0v) is 28.1. The van der Waals surface area contributed by atoms with Crippen molar-refractivity contribution in [1.82, 2.24) is 24.1 Å². The van der Waals surface area contributed by atoms with Crippen LogP contribution in [0.2, 0.25) is 0 Å². The SMILES string of the molecule is c1ccc(-c2cc(-c3nc(-c4ccccc4)nc(-c4ccccc4)n3)cc(-n3c4ccccc4c4ccc5c(ccn5-c5ccccc5)c43)c2)cc1. The molecule has 0 N–H and O–H groups in total. The van der Waals surface area contributed by atoms with Gasteiger partial charge >= 0.3 is 0 Å². The summed E-state index contributed by atoms with van der Waals surface area (Å²) in [5.41, 5.74) is 10.6. The van der Waals surface area contributed by atoms with Crippen molar-refractivity contribution in [1.29, 1.82) is 0 Å². The number of aromatic nitrogens is 5. The van der Waals surface area contributed by atoms with Crippen LogP contribution in [-0.2, 0) is 0 Å². The highest BCUT2D eigenvalue weighted by Crippen LogP contribution is 2.39. The normalized spacial score (nSPS) is 11.5. The van der Waals surface area contributed by atoms with Crippen LogP contribution in [0.3, 0.4) is 0 Å². The molecule has 0 saturated carbocycles. The second-order valence-electron chi connectivity index (χ2n) is 12.9. The molecule has 244 valence electrons. The Balaban J connectivity index is 1.27. The first kappa shape index (κ1) is 29.8. The Morgan fingerprint density at radius 1 is 0.327 bits per heavy atom. The van der Waals surface area contributed by atoms with Crippen LogP contribution in [0.15, 0.2) is 188 Å². The molecule has 0 unspecified atom stereocenters. The number of para-hydroxylation sites is 2. The van der Waals surface area contributed by atoms with Gasteiger partial charge in [-0.05, 0) is 59.7 Å².